The molecule has 1 saturated heterocycles. The summed E-state index contributed by atoms with van der Waals surface area (Å²) in [4.78, 5) is 14.9. The Morgan fingerprint density at radius 1 is 0.818 bits per heavy atom. The Morgan fingerprint density at radius 2 is 1.39 bits per heavy atom. The third-order valence-electron chi connectivity index (χ3n) is 7.41. The number of thiocarbonyl (C=S) groups is 1. The van der Waals surface area contributed by atoms with Gasteiger partial charge in [0.2, 0.25) is 15.9 Å². The number of nitrogens with zero attached hydrogens (tertiary/aromatic N) is 2. The standard InChI is InChI=1S/C34H34N4O4S2/c1-42-31-15-9-8-10-26(31)16-21-32(39)36-34(43)35-29-17-19-30(20-18-29)44(40,41)38-24-22-37(23-25-38)33(27-11-4-2-5-12-27)28-13-6-3-7-14-28/h2-21,33H,22-25H2,1H3,(H2,35,36,39,43)/b21-16+. The van der Waals surface area contributed by atoms with Crippen LogP contribution in [-0.2, 0) is 14.8 Å². The minimum atomic E-state index is -3.69. The third kappa shape index (κ3) is 7.59. The van der Waals surface area contributed by atoms with Crippen LogP contribution in [-0.4, -0.2) is 61.9 Å². The first-order chi connectivity index (χ1) is 21.3. The number of nitrogens with one attached hydrogen (secondary N) is 2. The molecule has 226 valence electrons. The molecule has 1 heterocycles. The molecule has 0 aromatic heterocycles. The number of benzene rings is 4. The Morgan fingerprint density at radius 3 is 1.98 bits per heavy atom. The normalized spacial score (nSPS) is 14.4. The van der Waals surface area contributed by atoms with Gasteiger partial charge in [-0.25, -0.2) is 8.42 Å². The topological polar surface area (TPSA) is 91.0 Å². The Labute approximate surface area is 264 Å². The highest BCUT2D eigenvalue weighted by atomic mass is 32.2. The second-order valence-corrected chi connectivity index (χ2v) is 12.6. The number of sulfonamides is 1. The molecular formula is C34H34N4O4S2. The van der Waals surface area contributed by atoms with E-state index < -0.39 is 15.9 Å². The summed E-state index contributed by atoms with van der Waals surface area (Å²) in [5.74, 6) is 0.242. The molecule has 0 radical (unpaired) electrons. The second-order valence-electron chi connectivity index (χ2n) is 10.2. The van der Waals surface area contributed by atoms with E-state index in [1.54, 1.807) is 43.5 Å². The van der Waals surface area contributed by atoms with Crippen LogP contribution in [0.1, 0.15) is 22.7 Å². The van der Waals surface area contributed by atoms with Crippen molar-refractivity contribution in [2.45, 2.75) is 10.9 Å². The number of hydrogen-bond acceptors (Lipinski definition) is 6. The molecule has 1 fully saturated rings. The van der Waals surface area contributed by atoms with Gasteiger partial charge in [-0.2, -0.15) is 4.31 Å². The summed E-state index contributed by atoms with van der Waals surface area (Å²) in [5.41, 5.74) is 3.68. The van der Waals surface area contributed by atoms with Crippen LogP contribution in [0.3, 0.4) is 0 Å². The zero-order chi connectivity index (χ0) is 30.9. The van der Waals surface area contributed by atoms with Crippen molar-refractivity contribution < 1.29 is 17.9 Å². The van der Waals surface area contributed by atoms with Crippen molar-refractivity contribution in [2.24, 2.45) is 0 Å². The summed E-state index contributed by atoms with van der Waals surface area (Å²) >= 11 is 5.27. The highest BCUT2D eigenvalue weighted by Crippen LogP contribution is 2.30. The van der Waals surface area contributed by atoms with Crippen LogP contribution in [0.4, 0.5) is 5.69 Å². The number of piperazine rings is 1. The van der Waals surface area contributed by atoms with Gasteiger partial charge in [0.15, 0.2) is 5.11 Å². The lowest BCUT2D eigenvalue weighted by molar-refractivity contribution is -0.115. The van der Waals surface area contributed by atoms with E-state index in [4.69, 9.17) is 17.0 Å². The maximum absolute atomic E-state index is 13.5. The number of anilines is 1. The lowest BCUT2D eigenvalue weighted by atomic mass is 9.96. The zero-order valence-corrected chi connectivity index (χ0v) is 25.9. The molecule has 4 aromatic carbocycles. The fourth-order valence-corrected chi connectivity index (χ4v) is 6.87. The van der Waals surface area contributed by atoms with Crippen molar-refractivity contribution in [3.8, 4) is 5.75 Å². The highest BCUT2D eigenvalue weighted by Gasteiger charge is 2.32. The van der Waals surface area contributed by atoms with Crippen LogP contribution in [0.5, 0.6) is 5.75 Å². The van der Waals surface area contributed by atoms with Gasteiger partial charge in [0, 0.05) is 43.5 Å². The molecule has 5 rings (SSSR count). The highest BCUT2D eigenvalue weighted by molar-refractivity contribution is 7.89. The van der Waals surface area contributed by atoms with Crippen molar-refractivity contribution in [3.63, 3.8) is 0 Å². The minimum Gasteiger partial charge on any atom is -0.496 e. The minimum absolute atomic E-state index is 0.0496. The number of hydrogen-bond donors (Lipinski definition) is 2. The number of amides is 1. The Balaban J connectivity index is 1.18. The van der Waals surface area contributed by atoms with Gasteiger partial charge in [-0.1, -0.05) is 78.9 Å². The van der Waals surface area contributed by atoms with Gasteiger partial charge in [-0.15, -0.1) is 0 Å². The lowest BCUT2D eigenvalue weighted by Crippen LogP contribution is -2.49. The van der Waals surface area contributed by atoms with Gasteiger partial charge >= 0.3 is 0 Å². The van der Waals surface area contributed by atoms with E-state index in [9.17, 15) is 13.2 Å². The summed E-state index contributed by atoms with van der Waals surface area (Å²) in [5, 5.41) is 5.61. The van der Waals surface area contributed by atoms with E-state index in [2.05, 4.69) is 39.8 Å². The Kier molecular flexibility index (Phi) is 10.2. The first-order valence-corrected chi connectivity index (χ1v) is 16.1. The van der Waals surface area contributed by atoms with Crippen molar-refractivity contribution in [2.75, 3.05) is 38.6 Å². The molecule has 4 aromatic rings. The molecule has 1 aliphatic rings. The maximum Gasteiger partial charge on any atom is 0.250 e. The molecule has 0 bridgehead atoms. The largest absolute Gasteiger partial charge is 0.496 e. The van der Waals surface area contributed by atoms with Crippen LogP contribution in [0.15, 0.2) is 120 Å². The smallest absolute Gasteiger partial charge is 0.250 e. The Bertz CT molecular complexity index is 1670. The number of carbonyl (C=O) groups excluding carboxylic acids is 1. The molecule has 8 nitrogen and oxygen atoms in total. The van der Waals surface area contributed by atoms with Crippen molar-refractivity contribution >= 4 is 45.0 Å². The van der Waals surface area contributed by atoms with Crippen LogP contribution >= 0.6 is 12.2 Å². The monoisotopic (exact) mass is 626 g/mol. The van der Waals surface area contributed by atoms with Crippen LogP contribution in [0.25, 0.3) is 6.08 Å². The Hall–Kier alpha value is -4.35. The zero-order valence-electron chi connectivity index (χ0n) is 24.3. The SMILES string of the molecule is COc1ccccc1/C=C/C(=O)NC(=S)Nc1ccc(S(=O)(=O)N2CCN(C(c3ccccc3)c3ccccc3)CC2)cc1. The second kappa shape index (κ2) is 14.4. The summed E-state index contributed by atoms with van der Waals surface area (Å²) in [6, 6.07) is 34.4. The van der Waals surface area contributed by atoms with E-state index in [0.29, 0.717) is 37.6 Å². The molecule has 1 amide bonds. The average molecular weight is 627 g/mol. The summed E-state index contributed by atoms with van der Waals surface area (Å²) < 4.78 is 33.8. The van der Waals surface area contributed by atoms with Gasteiger partial charge in [-0.3, -0.25) is 15.0 Å². The summed E-state index contributed by atoms with van der Waals surface area (Å²) in [6.07, 6.45) is 3.00. The number of rotatable bonds is 9. The van der Waals surface area contributed by atoms with Crippen LogP contribution < -0.4 is 15.4 Å². The molecule has 0 unspecified atom stereocenters. The fourth-order valence-electron chi connectivity index (χ4n) is 5.23. The molecule has 0 atom stereocenters. The van der Waals surface area contributed by atoms with Crippen LogP contribution in [0, 0.1) is 0 Å². The van der Waals surface area contributed by atoms with Crippen LogP contribution in [0.2, 0.25) is 0 Å². The van der Waals surface area contributed by atoms with E-state index in [1.165, 1.54) is 21.5 Å². The molecular weight excluding hydrogens is 593 g/mol. The van der Waals surface area contributed by atoms with Gasteiger partial charge in [0.05, 0.1) is 18.0 Å². The molecule has 0 aliphatic carbocycles. The molecule has 0 spiro atoms. The van der Waals surface area contributed by atoms with Crippen molar-refractivity contribution in [1.82, 2.24) is 14.5 Å². The molecule has 1 aliphatic heterocycles. The molecule has 44 heavy (non-hydrogen) atoms. The van der Waals surface area contributed by atoms with E-state index >= 15 is 0 Å². The summed E-state index contributed by atoms with van der Waals surface area (Å²) in [7, 11) is -2.12. The third-order valence-corrected chi connectivity index (χ3v) is 9.53. The first-order valence-electron chi connectivity index (χ1n) is 14.2. The maximum atomic E-state index is 13.5. The van der Waals surface area contributed by atoms with E-state index in [-0.39, 0.29) is 16.0 Å². The molecule has 0 saturated carbocycles. The predicted molar refractivity (Wildman–Crippen MR) is 178 cm³/mol. The van der Waals surface area contributed by atoms with Gasteiger partial charge in [-0.05, 0) is 59.8 Å². The quantitative estimate of drug-likeness (QED) is 0.192. The average Bonchev–Trinajstić information content (AvgIpc) is 3.05. The lowest BCUT2D eigenvalue weighted by Gasteiger charge is -2.39. The number of para-hydroxylation sites is 1. The van der Waals surface area contributed by atoms with Gasteiger partial charge in [0.1, 0.15) is 5.75 Å². The van der Waals surface area contributed by atoms with Crippen molar-refractivity contribution in [1.29, 1.82) is 0 Å². The fraction of sp³-hybridized carbons (Fsp3) is 0.176. The number of carbonyl (C=O) groups is 1. The number of methoxy groups -OCH3 is 1. The first kappa shape index (κ1) is 31.1. The van der Waals surface area contributed by atoms with Crippen molar-refractivity contribution in [3.05, 3.63) is 132 Å². The molecule has 2 N–H and O–H groups in total. The van der Waals surface area contributed by atoms with E-state index in [0.717, 1.165) is 5.56 Å². The predicted octanol–water partition coefficient (Wildman–Crippen LogP) is 5.32. The number of ether oxygens (including phenoxy) is 1. The molecule has 10 heteroatoms. The van der Waals surface area contributed by atoms with Gasteiger partial charge < -0.3 is 10.1 Å². The summed E-state index contributed by atoms with van der Waals surface area (Å²) in [6.45, 7) is 1.98. The van der Waals surface area contributed by atoms with E-state index in [1.807, 2.05) is 54.6 Å². The van der Waals surface area contributed by atoms with Gasteiger partial charge in [0.25, 0.3) is 0 Å².